The summed E-state index contributed by atoms with van der Waals surface area (Å²) >= 11 is 0.923. The molecule has 11 atom stereocenters. The van der Waals surface area contributed by atoms with E-state index in [1.54, 1.807) is 91.1 Å². The number of aliphatic hydroxyl groups excluding tert-OH is 1. The van der Waals surface area contributed by atoms with Gasteiger partial charge in [0.15, 0.2) is 0 Å². The Morgan fingerprint density at radius 2 is 1.19 bits per heavy atom. The van der Waals surface area contributed by atoms with Gasteiger partial charge in [0.25, 0.3) is 0 Å². The molecule has 4 aromatic carbocycles. The molecular weight excluding hydrogens is 1530 g/mol. The van der Waals surface area contributed by atoms with Gasteiger partial charge < -0.3 is 112 Å². The first-order valence-corrected chi connectivity index (χ1v) is 38.8. The van der Waals surface area contributed by atoms with Gasteiger partial charge in [0.2, 0.25) is 94.5 Å². The van der Waals surface area contributed by atoms with Gasteiger partial charge in [-0.25, -0.2) is 0 Å². The monoisotopic (exact) mass is 1630 g/mol. The lowest BCUT2D eigenvalue weighted by Crippen LogP contribution is -2.63. The van der Waals surface area contributed by atoms with Crippen molar-refractivity contribution in [2.45, 2.75) is 190 Å². The summed E-state index contributed by atoms with van der Waals surface area (Å²) in [5.74, 6) is -17.0. The van der Waals surface area contributed by atoms with Crippen LogP contribution in [-0.2, 0) is 101 Å². The summed E-state index contributed by atoms with van der Waals surface area (Å²) in [5, 5.41) is 56.1. The first-order chi connectivity index (χ1) is 55.0. The quantitative estimate of drug-likeness (QED) is 0.0169. The summed E-state index contributed by atoms with van der Waals surface area (Å²) in [6.07, 6.45) is -4.24. The smallest absolute Gasteiger partial charge is 0.303 e. The molecule has 1 fully saturated rings. The summed E-state index contributed by atoms with van der Waals surface area (Å²) < 4.78 is 5.70. The van der Waals surface area contributed by atoms with Crippen LogP contribution in [0, 0.1) is 0 Å². The second-order valence-electron chi connectivity index (χ2n) is 28.5. The number of carboxylic acids is 1. The van der Waals surface area contributed by atoms with Crippen LogP contribution in [0.3, 0.4) is 0 Å². The fourth-order valence-electron chi connectivity index (χ4n) is 12.3. The third-order valence-corrected chi connectivity index (χ3v) is 19.6. The molecule has 16 amide bonds. The fourth-order valence-corrected chi connectivity index (χ4v) is 13.3. The molecule has 2 heterocycles. The number of aliphatic carboxylic acids is 1. The minimum atomic E-state index is -2.05. The number of aromatic nitrogens is 1. The first kappa shape index (κ1) is 92.6. The summed E-state index contributed by atoms with van der Waals surface area (Å²) in [5.41, 5.74) is 21.9. The minimum Gasteiger partial charge on any atom is -0.492 e. The molecule has 0 unspecified atom stereocenters. The number of ether oxygens (including phenoxy) is 1. The highest BCUT2D eigenvalue weighted by molar-refractivity contribution is 7.99. The highest BCUT2D eigenvalue weighted by Gasteiger charge is 2.40. The second-order valence-corrected chi connectivity index (χ2v) is 29.6. The SMILES string of the molecule is CC(=O)NCCCC[C@H](NC(=O)[C@H](CCC(=O)O)NC(=O)C(C)(C)NC(=O)[C@H](Cc1ccc2ccccc2c1)NC(=O)[C@H](Cc1ccc(OCCN)cc1)NC(=O)[C@@H]1CSCC[C@H](NC(C)=O)C(=O)N[C@@H](CCC(N)=O)C(=O)N[C@@H]([C@@H](C)O)C(=O)N[C@@H](Cc2c[nH]c3ccccc23)C(=O)N[C@@H](CCC(N)=O)C(=O)N1)C(=O)NCC(N)=O. The molecule has 0 radical (unpaired) electrons. The molecule has 38 nitrogen and oxygen atoms in total. The zero-order valence-corrected chi connectivity index (χ0v) is 65.8. The van der Waals surface area contributed by atoms with E-state index in [2.05, 4.69) is 74.1 Å². The minimum absolute atomic E-state index is 0.0632. The second kappa shape index (κ2) is 45.6. The highest BCUT2D eigenvalue weighted by Crippen LogP contribution is 2.23. The molecular formula is C77H104N18O20S. The number of unbranched alkanes of at least 4 members (excludes halogenated alkanes) is 1. The molecule has 0 spiro atoms. The molecule has 1 aromatic heterocycles. The fraction of sp³-hybridized carbons (Fsp3) is 0.468. The first-order valence-electron chi connectivity index (χ1n) is 37.6. The van der Waals surface area contributed by atoms with Crippen molar-refractivity contribution in [3.8, 4) is 5.75 Å². The Morgan fingerprint density at radius 3 is 1.83 bits per heavy atom. The number of hydrogen-bond donors (Lipinski definition) is 20. The van der Waals surface area contributed by atoms with Crippen molar-refractivity contribution in [3.05, 3.63) is 114 Å². The number of thioether (sulfide) groups is 1. The number of rotatable bonds is 38. The van der Waals surface area contributed by atoms with E-state index in [0.29, 0.717) is 45.1 Å². The van der Waals surface area contributed by atoms with Crippen molar-refractivity contribution < 1.29 is 96.5 Å². The molecule has 39 heteroatoms. The standard InChI is InChI=1S/C77H104N18O20S/c1-41(96)65-75(113)91-59(37-48-38-83-51-15-9-8-14-50(48)51)72(110)88-53(23-26-61(79)99)67(105)92-60(40-116-33-29-56(85-43(3)98)69(107)87-54(70(108)94-65)24-27-62(80)100)73(111)89-57(35-44-18-21-49(22-19-44)115-32-30-78)71(109)90-58(36-45-17-20-46-12-6-7-13-47(46)34-45)74(112)95-77(4,5)76(114)93-55(25-28-64(102)103)68(106)86-52(66(104)84-39-63(81)101)16-10-11-31-82-42(2)97/h6-9,12-15,17-22,34,38,41,52-60,65,83,96H,10-11,16,23-33,35-37,39-40,78H2,1-5H3,(H2,79,99)(H2,80,100)(H2,81,101)(H,82,97)(H,84,104)(H,85,98)(H,86,106)(H,87,107)(H,88,110)(H,89,111)(H,90,109)(H,91,113)(H,92,105)(H,93,114)(H,94,108)(H,95,112)(H,102,103)/t41-,52+,53+,54+,55+,56+,57+,58+,59+,60+,65+/m1/s1. The Labute approximate surface area is 672 Å². The Bertz CT molecular complexity index is 4370. The van der Waals surface area contributed by atoms with Gasteiger partial charge >= 0.3 is 5.97 Å². The number of aromatic amines is 1. The van der Waals surface area contributed by atoms with E-state index in [-0.39, 0.29) is 69.9 Å². The normalized spacial score (nSPS) is 18.5. The number of para-hydroxylation sites is 1. The van der Waals surface area contributed by atoms with Gasteiger partial charge in [-0.2, -0.15) is 11.8 Å². The molecule has 0 saturated carbocycles. The predicted octanol–water partition coefficient (Wildman–Crippen LogP) is -3.73. The zero-order valence-electron chi connectivity index (χ0n) is 65.0. The number of carbonyl (C=O) groups excluding carboxylic acids is 16. The maximum atomic E-state index is 15.5. The Balaban J connectivity index is 1.42. The lowest BCUT2D eigenvalue weighted by Gasteiger charge is -2.31. The number of H-pyrrole nitrogens is 1. The summed E-state index contributed by atoms with van der Waals surface area (Å²) in [7, 11) is 0. The molecule has 5 aromatic rings. The topological polar surface area (TPSA) is 616 Å². The van der Waals surface area contributed by atoms with Gasteiger partial charge in [-0.1, -0.05) is 72.8 Å². The van der Waals surface area contributed by atoms with Crippen molar-refractivity contribution in [2.75, 3.05) is 37.7 Å². The molecule has 0 bridgehead atoms. The predicted molar refractivity (Wildman–Crippen MR) is 424 cm³/mol. The number of carbonyl (C=O) groups is 17. The van der Waals surface area contributed by atoms with Crippen molar-refractivity contribution >= 4 is 134 Å². The van der Waals surface area contributed by atoms with Gasteiger partial charge in [0.05, 0.1) is 12.6 Å². The molecule has 1 aliphatic rings. The summed E-state index contributed by atoms with van der Waals surface area (Å²) in [6.45, 7) is 5.89. The van der Waals surface area contributed by atoms with Crippen LogP contribution in [0.15, 0.2) is 97.2 Å². The molecule has 116 heavy (non-hydrogen) atoms. The van der Waals surface area contributed by atoms with Gasteiger partial charge in [-0.3, -0.25) is 81.5 Å². The summed E-state index contributed by atoms with van der Waals surface area (Å²) in [6, 6.07) is 8.82. The van der Waals surface area contributed by atoms with Crippen molar-refractivity contribution in [2.24, 2.45) is 22.9 Å². The van der Waals surface area contributed by atoms with Crippen molar-refractivity contribution in [1.82, 2.24) is 74.1 Å². The van der Waals surface area contributed by atoms with Crippen molar-refractivity contribution in [1.29, 1.82) is 0 Å². The number of amides is 16. The Kier molecular flexibility index (Phi) is 36.4. The van der Waals surface area contributed by atoms with Crippen LogP contribution < -0.4 is 96.8 Å². The van der Waals surface area contributed by atoms with Crippen LogP contribution >= 0.6 is 11.8 Å². The highest BCUT2D eigenvalue weighted by atomic mass is 32.2. The average Bonchev–Trinajstić information content (AvgIpc) is 0.939. The lowest BCUT2D eigenvalue weighted by atomic mass is 9.97. The van der Waals surface area contributed by atoms with E-state index in [0.717, 1.165) is 31.0 Å². The zero-order chi connectivity index (χ0) is 85.3. The van der Waals surface area contributed by atoms with E-state index in [9.17, 15) is 72.5 Å². The number of hydrogen-bond acceptors (Lipinski definition) is 21. The maximum absolute atomic E-state index is 15.5. The summed E-state index contributed by atoms with van der Waals surface area (Å²) in [4.78, 5) is 237. The molecule has 1 saturated heterocycles. The molecule has 24 N–H and O–H groups in total. The number of fused-ring (bicyclic) bond motifs is 2. The van der Waals surface area contributed by atoms with Gasteiger partial charge in [0.1, 0.15) is 78.3 Å². The number of nitrogens with one attached hydrogen (secondary N) is 14. The van der Waals surface area contributed by atoms with E-state index in [4.69, 9.17) is 27.7 Å². The molecule has 0 aliphatic carbocycles. The van der Waals surface area contributed by atoms with Crippen LogP contribution in [0.4, 0.5) is 0 Å². The van der Waals surface area contributed by atoms with Gasteiger partial charge in [0, 0.05) is 88.3 Å². The maximum Gasteiger partial charge on any atom is 0.303 e. The van der Waals surface area contributed by atoms with Crippen LogP contribution in [0.5, 0.6) is 5.75 Å². The van der Waals surface area contributed by atoms with E-state index in [1.165, 1.54) is 20.8 Å². The van der Waals surface area contributed by atoms with Crippen molar-refractivity contribution in [3.63, 3.8) is 0 Å². The van der Waals surface area contributed by atoms with Gasteiger partial charge in [-0.15, -0.1) is 0 Å². The number of carboxylic acid groups (broad SMARTS) is 1. The molecule has 6 rings (SSSR count). The van der Waals surface area contributed by atoms with E-state index in [1.807, 2.05) is 6.07 Å². The van der Waals surface area contributed by atoms with E-state index < -0.39 is 217 Å². The number of aliphatic hydroxyl groups is 1. The average molecular weight is 1630 g/mol. The van der Waals surface area contributed by atoms with Crippen LogP contribution in [0.2, 0.25) is 0 Å². The third kappa shape index (κ3) is 30.6. The Hall–Kier alpha value is -12.3. The number of nitrogens with two attached hydrogens (primary N) is 4. The van der Waals surface area contributed by atoms with Crippen LogP contribution in [-0.4, -0.2) is 225 Å². The Morgan fingerprint density at radius 1 is 0.603 bits per heavy atom. The van der Waals surface area contributed by atoms with E-state index >= 15 is 19.2 Å². The van der Waals surface area contributed by atoms with Crippen LogP contribution in [0.25, 0.3) is 21.7 Å². The molecule has 628 valence electrons. The van der Waals surface area contributed by atoms with Gasteiger partial charge in [-0.05, 0) is 117 Å². The largest absolute Gasteiger partial charge is 0.492 e. The number of primary amides is 3. The third-order valence-electron chi connectivity index (χ3n) is 18.5. The molecule has 1 aliphatic heterocycles. The number of benzene rings is 4. The van der Waals surface area contributed by atoms with Crippen LogP contribution in [0.1, 0.15) is 116 Å². The lowest BCUT2D eigenvalue weighted by molar-refractivity contribution is -0.139.